The molecule has 0 aromatic heterocycles. The van der Waals surface area contributed by atoms with E-state index in [1.165, 1.54) is 204 Å². The number of aryl methyl sites for hydroxylation is 1. The Balaban J connectivity index is 0.000000117. The van der Waals surface area contributed by atoms with Gasteiger partial charge in [-0.2, -0.15) is 0 Å². The summed E-state index contributed by atoms with van der Waals surface area (Å²) in [4.78, 5) is 2.41. The van der Waals surface area contributed by atoms with E-state index in [-0.39, 0.29) is 5.41 Å². The van der Waals surface area contributed by atoms with E-state index < -0.39 is 5.41 Å². The van der Waals surface area contributed by atoms with Crippen LogP contribution in [-0.2, 0) is 10.8 Å². The molecule has 125 heavy (non-hydrogen) atoms. The van der Waals surface area contributed by atoms with Gasteiger partial charge in [0.15, 0.2) is 0 Å². The van der Waals surface area contributed by atoms with Crippen molar-refractivity contribution in [1.29, 1.82) is 0 Å². The fourth-order valence-corrected chi connectivity index (χ4v) is 21.6. The molecule has 2 spiro atoms. The smallest absolute Gasteiger partial charge is 0.0725 e. The van der Waals surface area contributed by atoms with E-state index >= 15 is 0 Å². The minimum Gasteiger partial charge on any atom is -0.356 e. The monoisotopic (exact) mass is 1590 g/mol. The molecule has 0 bridgehead atoms. The van der Waals surface area contributed by atoms with E-state index in [0.29, 0.717) is 0 Å². The predicted molar refractivity (Wildman–Crippen MR) is 528 cm³/mol. The standard InChI is InChI=1S/C61H39N.C38H24.C24H19N/c1-3-15-40(16-4-1)42-27-31-44(32-28-42)62(45-33-29-43(30-34-45)41-17-5-2-6-18-41)46-35-36-49-53(37-46)47-19-7-8-20-48(47)54-38-56-52-23-11-14-26-59(52)61(60(56)39-55(49)54)57-24-12-9-21-50(57)51-22-10-13-25-58(51)61;1-23-18-19-26-30(20-23)24-10-2-3-11-25(24)31-21-33-29-14-6-9-17-36(29)38(37(33)22-32(26)31)34-15-7-4-12-27(34)28-13-5-8-16-35(28)38;1-3-7-19(8-4-1)21-11-15-23(16-12-21)25-24-17-13-22(14-18-24)20-9-5-2-6-10-20/h1-39H;2-22H,1H3;1-18,25H. The molecule has 0 saturated carbocycles. The third-order valence-corrected chi connectivity index (χ3v) is 27.0. The Labute approximate surface area is 728 Å². The first-order valence-electron chi connectivity index (χ1n) is 43.5. The van der Waals surface area contributed by atoms with Gasteiger partial charge in [0.05, 0.1) is 10.8 Å². The maximum absolute atomic E-state index is 3.46. The van der Waals surface area contributed by atoms with Gasteiger partial charge in [-0.25, -0.2) is 0 Å². The number of hydrogen-bond donors (Lipinski definition) is 1. The Hall–Kier alpha value is -16.0. The van der Waals surface area contributed by atoms with Crippen LogP contribution in [0.3, 0.4) is 0 Å². The maximum atomic E-state index is 3.46. The summed E-state index contributed by atoms with van der Waals surface area (Å²) in [5.41, 5.74) is 37.6. The Morgan fingerprint density at radius 3 is 0.720 bits per heavy atom. The van der Waals surface area contributed by atoms with Crippen LogP contribution in [0.5, 0.6) is 0 Å². The molecule has 0 atom stereocenters. The lowest BCUT2D eigenvalue weighted by atomic mass is 9.70. The van der Waals surface area contributed by atoms with Gasteiger partial charge < -0.3 is 10.2 Å². The highest BCUT2D eigenvalue weighted by atomic mass is 15.1. The van der Waals surface area contributed by atoms with Gasteiger partial charge in [0, 0.05) is 28.4 Å². The van der Waals surface area contributed by atoms with Crippen molar-refractivity contribution >= 4 is 93.1 Å². The number of hydrogen-bond acceptors (Lipinski definition) is 2. The van der Waals surface area contributed by atoms with Crippen molar-refractivity contribution in [2.45, 2.75) is 17.8 Å². The van der Waals surface area contributed by atoms with Crippen molar-refractivity contribution in [3.05, 3.63) is 523 Å². The van der Waals surface area contributed by atoms with Crippen LogP contribution in [0.2, 0.25) is 0 Å². The molecule has 0 unspecified atom stereocenters. The lowest BCUT2D eigenvalue weighted by Crippen LogP contribution is -2.25. The van der Waals surface area contributed by atoms with Gasteiger partial charge in [-0.05, 0) is 290 Å². The number of anilines is 5. The van der Waals surface area contributed by atoms with Gasteiger partial charge in [-0.15, -0.1) is 0 Å². The van der Waals surface area contributed by atoms with Crippen molar-refractivity contribution in [2.75, 3.05) is 10.2 Å². The zero-order chi connectivity index (χ0) is 82.7. The fraction of sp³-hybridized carbons (Fsp3) is 0.0244. The summed E-state index contributed by atoms with van der Waals surface area (Å²) >= 11 is 0. The molecule has 0 fully saturated rings. The number of benzene rings is 22. The lowest BCUT2D eigenvalue weighted by molar-refractivity contribution is 0.795. The van der Waals surface area contributed by atoms with Crippen LogP contribution in [0, 0.1) is 6.92 Å². The van der Waals surface area contributed by atoms with Gasteiger partial charge in [-0.1, -0.05) is 394 Å². The second kappa shape index (κ2) is 29.7. The van der Waals surface area contributed by atoms with Crippen molar-refractivity contribution < 1.29 is 0 Å². The topological polar surface area (TPSA) is 15.3 Å². The normalized spacial score (nSPS) is 12.8. The van der Waals surface area contributed by atoms with E-state index in [4.69, 9.17) is 0 Å². The summed E-state index contributed by atoms with van der Waals surface area (Å²) in [6.07, 6.45) is 0. The van der Waals surface area contributed by atoms with Crippen LogP contribution < -0.4 is 10.2 Å². The summed E-state index contributed by atoms with van der Waals surface area (Å²) in [5, 5.41) is 19.1. The lowest BCUT2D eigenvalue weighted by Gasteiger charge is -2.30. The van der Waals surface area contributed by atoms with Gasteiger partial charge in [-0.3, -0.25) is 0 Å². The molecular weight excluding hydrogens is 1510 g/mol. The van der Waals surface area contributed by atoms with Crippen LogP contribution in [-0.4, -0.2) is 0 Å². The number of fused-ring (bicyclic) bond motifs is 32. The van der Waals surface area contributed by atoms with Crippen LogP contribution in [0.15, 0.2) is 473 Å². The number of rotatable bonds is 9. The molecular formula is C123H82N2. The number of nitrogens with one attached hydrogen (secondary N) is 1. The van der Waals surface area contributed by atoms with Crippen molar-refractivity contribution in [1.82, 2.24) is 0 Å². The van der Waals surface area contributed by atoms with Crippen LogP contribution >= 0.6 is 0 Å². The minimum atomic E-state index is -0.403. The molecule has 584 valence electrons. The minimum absolute atomic E-state index is 0.310. The van der Waals surface area contributed by atoms with Crippen molar-refractivity contribution in [2.24, 2.45) is 0 Å². The predicted octanol–water partition coefficient (Wildman–Crippen LogP) is 32.9. The number of nitrogens with zero attached hydrogens (tertiary/aromatic N) is 1. The molecule has 22 aromatic rings. The SMILES string of the molecule is Cc1ccc2c(c1)c1ccccc1c1cc3c(cc21)C1(c2ccccc2-c2ccccc21)c1ccccc1-3.c1ccc(-c2ccc(N(c3ccc(-c4ccccc4)cc3)c3ccc4c(c3)c3ccccc3c3cc5c(cc43)C3(c4ccccc4-c4ccccc43)c3ccccc3-5)cc2)cc1.c1ccc(-c2ccc(Nc3ccc(-c4ccccc4)cc3)cc2)cc1. The molecule has 26 rings (SSSR count). The largest absolute Gasteiger partial charge is 0.356 e. The highest BCUT2D eigenvalue weighted by Gasteiger charge is 2.53. The molecule has 4 aliphatic carbocycles. The molecule has 4 aliphatic rings. The summed E-state index contributed by atoms with van der Waals surface area (Å²) < 4.78 is 0. The Morgan fingerprint density at radius 2 is 0.392 bits per heavy atom. The highest BCUT2D eigenvalue weighted by Crippen LogP contribution is 2.66. The summed E-state index contributed by atoms with van der Waals surface area (Å²) in [5.74, 6) is 0. The molecule has 2 heteroatoms. The van der Waals surface area contributed by atoms with E-state index in [1.54, 1.807) is 0 Å². The third kappa shape index (κ3) is 11.7. The summed E-state index contributed by atoms with van der Waals surface area (Å²) in [7, 11) is 0. The van der Waals surface area contributed by atoms with Crippen LogP contribution in [0.25, 0.3) is 154 Å². The van der Waals surface area contributed by atoms with E-state index in [1.807, 2.05) is 12.1 Å². The Kier molecular flexibility index (Phi) is 17.3. The van der Waals surface area contributed by atoms with Crippen LogP contribution in [0.4, 0.5) is 28.4 Å². The Bertz CT molecular complexity index is 7760. The maximum Gasteiger partial charge on any atom is 0.0725 e. The molecule has 2 nitrogen and oxygen atoms in total. The molecule has 1 N–H and O–H groups in total. The van der Waals surface area contributed by atoms with E-state index in [9.17, 15) is 0 Å². The van der Waals surface area contributed by atoms with Gasteiger partial charge >= 0.3 is 0 Å². The zero-order valence-corrected chi connectivity index (χ0v) is 69.0. The summed E-state index contributed by atoms with van der Waals surface area (Å²) in [6.45, 7) is 2.19. The van der Waals surface area contributed by atoms with Crippen molar-refractivity contribution in [3.8, 4) is 89.0 Å². The van der Waals surface area contributed by atoms with E-state index in [2.05, 4.69) is 478 Å². The average molecular weight is 1590 g/mol. The van der Waals surface area contributed by atoms with Gasteiger partial charge in [0.2, 0.25) is 0 Å². The van der Waals surface area contributed by atoms with Gasteiger partial charge in [0.25, 0.3) is 0 Å². The summed E-state index contributed by atoms with van der Waals surface area (Å²) in [6, 6.07) is 174. The molecule has 0 saturated heterocycles. The molecule has 22 aromatic carbocycles. The molecule has 0 amide bonds. The van der Waals surface area contributed by atoms with Crippen molar-refractivity contribution in [3.63, 3.8) is 0 Å². The first-order chi connectivity index (χ1) is 61.9. The quantitative estimate of drug-likeness (QED) is 0.145. The first-order valence-corrected chi connectivity index (χ1v) is 43.5. The zero-order valence-electron chi connectivity index (χ0n) is 69.0. The highest BCUT2D eigenvalue weighted by molar-refractivity contribution is 6.28. The third-order valence-electron chi connectivity index (χ3n) is 27.0. The molecule has 0 radical (unpaired) electrons. The Morgan fingerprint density at radius 1 is 0.160 bits per heavy atom. The van der Waals surface area contributed by atoms with E-state index in [0.717, 1.165) is 28.4 Å². The van der Waals surface area contributed by atoms with Crippen LogP contribution in [0.1, 0.15) is 50.1 Å². The molecule has 0 heterocycles. The first kappa shape index (κ1) is 73.0. The second-order valence-electron chi connectivity index (χ2n) is 33.7. The molecule has 0 aliphatic heterocycles. The van der Waals surface area contributed by atoms with Gasteiger partial charge in [0.1, 0.15) is 0 Å². The fourth-order valence-electron chi connectivity index (χ4n) is 21.6. The second-order valence-corrected chi connectivity index (χ2v) is 33.7. The average Bonchev–Trinajstić information content (AvgIpc) is 1.51.